The van der Waals surface area contributed by atoms with Crippen molar-refractivity contribution in [1.29, 1.82) is 0 Å². The van der Waals surface area contributed by atoms with Crippen LogP contribution in [-0.4, -0.2) is 40.2 Å². The number of amides is 1. The Hall–Kier alpha value is -3.81. The maximum atomic E-state index is 11.3. The van der Waals surface area contributed by atoms with E-state index in [-0.39, 0.29) is 18.1 Å². The number of rotatable bonds is 7. The lowest BCUT2D eigenvalue weighted by molar-refractivity contribution is -0.141. The maximum Gasteiger partial charge on any atom is 0.326 e. The van der Waals surface area contributed by atoms with Crippen LogP contribution in [0.4, 0.5) is 11.5 Å². The average molecular weight is 395 g/mol. The number of phenols is 1. The van der Waals surface area contributed by atoms with E-state index >= 15 is 0 Å². The number of carbonyl (C=O) groups excluding carboxylic acids is 1. The molecule has 1 heterocycles. The Balaban J connectivity index is 1.73. The van der Waals surface area contributed by atoms with E-state index in [0.29, 0.717) is 17.1 Å². The maximum absolute atomic E-state index is 11.3. The fourth-order valence-corrected chi connectivity index (χ4v) is 2.93. The summed E-state index contributed by atoms with van der Waals surface area (Å²) in [5.74, 6) is -0.475. The van der Waals surface area contributed by atoms with Gasteiger partial charge in [-0.3, -0.25) is 4.79 Å². The van der Waals surface area contributed by atoms with Crippen molar-refractivity contribution >= 4 is 34.3 Å². The topological polar surface area (TPSA) is 121 Å². The molecule has 0 aliphatic carbocycles. The molecule has 150 valence electrons. The third kappa shape index (κ3) is 4.92. The van der Waals surface area contributed by atoms with Crippen LogP contribution >= 0.6 is 0 Å². The molecule has 0 aliphatic heterocycles. The van der Waals surface area contributed by atoms with Gasteiger partial charge in [0.15, 0.2) is 11.5 Å². The molecular weight excluding hydrogens is 374 g/mol. The van der Waals surface area contributed by atoms with Crippen molar-refractivity contribution < 1.29 is 24.5 Å². The van der Waals surface area contributed by atoms with E-state index < -0.39 is 12.0 Å². The number of methoxy groups -OCH3 is 1. The predicted octanol–water partition coefficient (Wildman–Crippen LogP) is 2.82. The van der Waals surface area contributed by atoms with Gasteiger partial charge in [0.25, 0.3) is 0 Å². The molecule has 1 amide bonds. The van der Waals surface area contributed by atoms with Gasteiger partial charge in [-0.2, -0.15) is 0 Å². The Labute approximate surface area is 167 Å². The summed E-state index contributed by atoms with van der Waals surface area (Å²) in [6, 6.07) is 13.1. The molecule has 8 heteroatoms. The van der Waals surface area contributed by atoms with E-state index in [9.17, 15) is 19.8 Å². The van der Waals surface area contributed by atoms with Crippen LogP contribution in [0.1, 0.15) is 12.5 Å². The van der Waals surface area contributed by atoms with Crippen molar-refractivity contribution in [2.75, 3.05) is 12.4 Å². The molecule has 0 aliphatic rings. The van der Waals surface area contributed by atoms with Gasteiger partial charge in [0, 0.05) is 30.5 Å². The number of aliphatic carboxylic acids is 1. The van der Waals surface area contributed by atoms with Crippen LogP contribution < -0.4 is 15.4 Å². The number of ether oxygens (including phenoxy) is 1. The average Bonchev–Trinajstić information content (AvgIpc) is 2.68. The number of aromatic nitrogens is 1. The summed E-state index contributed by atoms with van der Waals surface area (Å²) in [7, 11) is 1.49. The Morgan fingerprint density at radius 3 is 2.48 bits per heavy atom. The monoisotopic (exact) mass is 395 g/mol. The van der Waals surface area contributed by atoms with Gasteiger partial charge in [0.1, 0.15) is 11.9 Å². The first kappa shape index (κ1) is 19.9. The number of anilines is 2. The molecule has 1 aromatic heterocycles. The highest BCUT2D eigenvalue weighted by molar-refractivity contribution is 5.84. The number of carboxylic acids is 1. The molecule has 2 aromatic carbocycles. The smallest absolute Gasteiger partial charge is 0.326 e. The lowest BCUT2D eigenvalue weighted by Crippen LogP contribution is -2.41. The van der Waals surface area contributed by atoms with Crippen molar-refractivity contribution in [3.63, 3.8) is 0 Å². The zero-order valence-corrected chi connectivity index (χ0v) is 16.0. The third-order valence-corrected chi connectivity index (χ3v) is 4.33. The molecule has 3 aromatic rings. The van der Waals surface area contributed by atoms with E-state index in [1.54, 1.807) is 30.3 Å². The van der Waals surface area contributed by atoms with Gasteiger partial charge in [-0.15, -0.1) is 0 Å². The van der Waals surface area contributed by atoms with E-state index in [1.165, 1.54) is 20.1 Å². The normalized spacial score (nSPS) is 11.7. The number of aromatic hydroxyl groups is 1. The van der Waals surface area contributed by atoms with Gasteiger partial charge in [0.2, 0.25) is 5.91 Å². The molecule has 0 fully saturated rings. The summed E-state index contributed by atoms with van der Waals surface area (Å²) < 4.78 is 5.10. The van der Waals surface area contributed by atoms with Crippen molar-refractivity contribution in [3.8, 4) is 11.5 Å². The van der Waals surface area contributed by atoms with Crippen molar-refractivity contribution in [1.82, 2.24) is 10.3 Å². The summed E-state index contributed by atoms with van der Waals surface area (Å²) in [5, 5.41) is 25.6. The minimum absolute atomic E-state index is 0.0150. The summed E-state index contributed by atoms with van der Waals surface area (Å²) in [4.78, 5) is 26.9. The molecule has 4 N–H and O–H groups in total. The first-order chi connectivity index (χ1) is 13.9. The Bertz CT molecular complexity index is 1050. The molecule has 1 unspecified atom stereocenters. The minimum atomic E-state index is -1.08. The number of fused-ring (bicyclic) bond motifs is 1. The Kier molecular flexibility index (Phi) is 5.82. The zero-order chi connectivity index (χ0) is 21.0. The molecule has 29 heavy (non-hydrogen) atoms. The van der Waals surface area contributed by atoms with Gasteiger partial charge in [-0.1, -0.05) is 12.1 Å². The first-order valence-electron chi connectivity index (χ1n) is 8.89. The summed E-state index contributed by atoms with van der Waals surface area (Å²) in [6.07, 6.45) is 0.185. The second-order valence-corrected chi connectivity index (χ2v) is 6.53. The van der Waals surface area contributed by atoms with Gasteiger partial charge in [-0.25, -0.2) is 9.78 Å². The first-order valence-corrected chi connectivity index (χ1v) is 8.89. The Morgan fingerprint density at radius 2 is 1.86 bits per heavy atom. The summed E-state index contributed by atoms with van der Waals surface area (Å²) in [5.41, 5.74) is 2.16. The second-order valence-electron chi connectivity index (χ2n) is 6.53. The molecule has 8 nitrogen and oxygen atoms in total. The molecule has 0 spiro atoms. The SMILES string of the molecule is COc1cc2ccc(Nc3ccc(CC(NC(C)=O)C(=O)O)cc3)nc2cc1O. The molecule has 1 atom stereocenters. The van der Waals surface area contributed by atoms with Crippen LogP contribution in [0.15, 0.2) is 48.5 Å². The lowest BCUT2D eigenvalue weighted by atomic mass is 10.1. The van der Waals surface area contributed by atoms with Crippen molar-refractivity contribution in [2.24, 2.45) is 0 Å². The van der Waals surface area contributed by atoms with Gasteiger partial charge < -0.3 is 25.6 Å². The summed E-state index contributed by atoms with van der Waals surface area (Å²) >= 11 is 0. The highest BCUT2D eigenvalue weighted by Gasteiger charge is 2.18. The number of carboxylic acid groups (broad SMARTS) is 1. The molecule has 3 rings (SSSR count). The molecular formula is C21H21N3O5. The highest BCUT2D eigenvalue weighted by atomic mass is 16.5. The number of hydrogen-bond acceptors (Lipinski definition) is 6. The fraction of sp³-hybridized carbons (Fsp3) is 0.190. The van der Waals surface area contributed by atoms with Crippen LogP contribution in [0.2, 0.25) is 0 Å². The van der Waals surface area contributed by atoms with Crippen molar-refractivity contribution in [3.05, 3.63) is 54.1 Å². The second kappa shape index (κ2) is 8.47. The van der Waals surface area contributed by atoms with Crippen LogP contribution in [-0.2, 0) is 16.0 Å². The van der Waals surface area contributed by atoms with Gasteiger partial charge in [-0.05, 0) is 35.9 Å². The minimum Gasteiger partial charge on any atom is -0.504 e. The number of phenolic OH excluding ortho intramolecular Hbond substituents is 1. The van der Waals surface area contributed by atoms with Crippen LogP contribution in [0.25, 0.3) is 10.9 Å². The molecule has 0 radical (unpaired) electrons. The van der Waals surface area contributed by atoms with E-state index in [1.807, 2.05) is 12.1 Å². The van der Waals surface area contributed by atoms with Crippen LogP contribution in [0.3, 0.4) is 0 Å². The summed E-state index contributed by atoms with van der Waals surface area (Å²) in [6.45, 7) is 1.29. The zero-order valence-electron chi connectivity index (χ0n) is 16.0. The molecule has 0 bridgehead atoms. The Morgan fingerprint density at radius 1 is 1.14 bits per heavy atom. The number of pyridine rings is 1. The van der Waals surface area contributed by atoms with Crippen LogP contribution in [0.5, 0.6) is 11.5 Å². The van der Waals surface area contributed by atoms with Gasteiger partial charge in [0.05, 0.1) is 12.6 Å². The predicted molar refractivity (Wildman–Crippen MR) is 109 cm³/mol. The van der Waals surface area contributed by atoms with E-state index in [4.69, 9.17) is 4.74 Å². The van der Waals surface area contributed by atoms with Crippen molar-refractivity contribution in [2.45, 2.75) is 19.4 Å². The molecule has 0 saturated heterocycles. The quantitative estimate of drug-likeness (QED) is 0.485. The number of nitrogens with one attached hydrogen (secondary N) is 2. The third-order valence-electron chi connectivity index (χ3n) is 4.33. The number of hydrogen-bond donors (Lipinski definition) is 4. The van der Waals surface area contributed by atoms with Crippen LogP contribution in [0, 0.1) is 0 Å². The molecule has 0 saturated carbocycles. The fourth-order valence-electron chi connectivity index (χ4n) is 2.93. The number of carbonyl (C=O) groups is 2. The number of benzene rings is 2. The number of nitrogens with zero attached hydrogens (tertiary/aromatic N) is 1. The standard InChI is InChI=1S/C21H21N3O5/c1-12(25)22-17(21(27)28)9-13-3-6-15(7-4-13)23-20-8-5-14-10-19(29-2)18(26)11-16(14)24-20/h3-8,10-11,17,26H,9H2,1-2H3,(H,22,25)(H,23,24)(H,27,28). The van der Waals surface area contributed by atoms with Gasteiger partial charge >= 0.3 is 5.97 Å². The largest absolute Gasteiger partial charge is 0.504 e. The van der Waals surface area contributed by atoms with E-state index in [0.717, 1.165) is 16.6 Å². The highest BCUT2D eigenvalue weighted by Crippen LogP contribution is 2.31. The van der Waals surface area contributed by atoms with E-state index in [2.05, 4.69) is 15.6 Å². The lowest BCUT2D eigenvalue weighted by Gasteiger charge is -2.14.